The molecule has 5 rings (SSSR count). The lowest BCUT2D eigenvalue weighted by molar-refractivity contribution is -0.0872. The van der Waals surface area contributed by atoms with Gasteiger partial charge in [-0.3, -0.25) is 9.69 Å². The molecule has 0 unspecified atom stereocenters. The molecule has 2 aromatic carbocycles. The Balaban J connectivity index is 1.15. The number of methoxy groups -OCH3 is 1. The van der Waals surface area contributed by atoms with Crippen molar-refractivity contribution in [2.75, 3.05) is 62.7 Å². The lowest BCUT2D eigenvalue weighted by atomic mass is 9.97. The fraction of sp³-hybridized carbons (Fsp3) is 0.525. The zero-order valence-electron chi connectivity index (χ0n) is 31.4. The second-order valence-electron chi connectivity index (χ2n) is 15.0. The van der Waals surface area contributed by atoms with Crippen molar-refractivity contribution in [3.05, 3.63) is 88.4 Å². The summed E-state index contributed by atoms with van der Waals surface area (Å²) in [4.78, 5) is 39.4. The van der Waals surface area contributed by atoms with Gasteiger partial charge in [-0.15, -0.1) is 0 Å². The minimum absolute atomic E-state index is 0.00659. The highest BCUT2D eigenvalue weighted by atomic mass is 19.1. The van der Waals surface area contributed by atoms with Gasteiger partial charge in [0, 0.05) is 88.7 Å². The predicted molar refractivity (Wildman–Crippen MR) is 200 cm³/mol. The second-order valence-corrected chi connectivity index (χ2v) is 15.0. The highest BCUT2D eigenvalue weighted by Gasteiger charge is 2.30. The van der Waals surface area contributed by atoms with E-state index in [4.69, 9.17) is 9.47 Å². The van der Waals surface area contributed by atoms with E-state index in [1.165, 1.54) is 34.6 Å². The highest BCUT2D eigenvalue weighted by molar-refractivity contribution is 5.96. The number of benzene rings is 2. The number of piperazine rings is 2. The first-order valence-corrected chi connectivity index (χ1v) is 18.2. The van der Waals surface area contributed by atoms with Crippen molar-refractivity contribution in [3.63, 3.8) is 0 Å². The Labute approximate surface area is 302 Å². The third-order valence-electron chi connectivity index (χ3n) is 9.80. The van der Waals surface area contributed by atoms with Gasteiger partial charge in [0.05, 0.1) is 6.20 Å². The molecule has 0 bridgehead atoms. The lowest BCUT2D eigenvalue weighted by Gasteiger charge is -2.40. The van der Waals surface area contributed by atoms with Gasteiger partial charge in [0.1, 0.15) is 11.6 Å². The number of anilines is 2. The van der Waals surface area contributed by atoms with Crippen molar-refractivity contribution < 1.29 is 23.5 Å². The normalized spacial score (nSPS) is 17.7. The van der Waals surface area contributed by atoms with Crippen LogP contribution in [0.3, 0.4) is 0 Å². The van der Waals surface area contributed by atoms with Crippen molar-refractivity contribution in [2.24, 2.45) is 0 Å². The number of pyridine rings is 1. The third kappa shape index (κ3) is 10.2. The number of nitrogens with zero attached hydrogens (tertiary/aromatic N) is 5. The molecule has 0 aliphatic carbocycles. The number of nitrogens with one attached hydrogen (secondary N) is 1. The number of amides is 2. The number of ether oxygens (including phenoxy) is 2. The van der Waals surface area contributed by atoms with Crippen molar-refractivity contribution in [2.45, 2.75) is 85.2 Å². The van der Waals surface area contributed by atoms with Gasteiger partial charge in [-0.25, -0.2) is 14.2 Å². The van der Waals surface area contributed by atoms with Crippen molar-refractivity contribution in [1.29, 1.82) is 0 Å². The zero-order chi connectivity index (χ0) is 36.7. The number of alkyl carbamates (subject to hydrolysis) is 1. The first-order chi connectivity index (χ1) is 24.3. The van der Waals surface area contributed by atoms with Gasteiger partial charge in [0.25, 0.3) is 5.91 Å². The van der Waals surface area contributed by atoms with Gasteiger partial charge in [0.15, 0.2) is 0 Å². The minimum Gasteiger partial charge on any atom is -0.420 e. The van der Waals surface area contributed by atoms with E-state index < -0.39 is 12.4 Å². The Kier molecular flexibility index (Phi) is 12.6. The molecule has 2 atom stereocenters. The number of halogens is 1. The molecule has 2 aliphatic rings. The van der Waals surface area contributed by atoms with E-state index >= 15 is 0 Å². The molecule has 2 amide bonds. The maximum absolute atomic E-state index is 13.9. The van der Waals surface area contributed by atoms with Gasteiger partial charge in [-0.1, -0.05) is 24.3 Å². The van der Waals surface area contributed by atoms with Crippen LogP contribution in [0.2, 0.25) is 0 Å². The van der Waals surface area contributed by atoms with Crippen LogP contribution in [-0.2, 0) is 22.4 Å². The molecule has 1 aromatic heterocycles. The predicted octanol–water partition coefficient (Wildman–Crippen LogP) is 6.33. The van der Waals surface area contributed by atoms with E-state index in [2.05, 4.69) is 75.2 Å². The monoisotopic (exact) mass is 702 g/mol. The van der Waals surface area contributed by atoms with Gasteiger partial charge in [-0.2, -0.15) is 0 Å². The molecule has 2 fully saturated rings. The molecule has 1 N–H and O–H groups in total. The molecule has 51 heavy (non-hydrogen) atoms. The quantitative estimate of drug-likeness (QED) is 0.232. The Morgan fingerprint density at radius 2 is 1.69 bits per heavy atom. The molecule has 2 aliphatic heterocycles. The van der Waals surface area contributed by atoms with Gasteiger partial charge < -0.3 is 29.5 Å². The minimum atomic E-state index is -0.594. The van der Waals surface area contributed by atoms with Crippen molar-refractivity contribution >= 4 is 23.5 Å². The van der Waals surface area contributed by atoms with Crippen LogP contribution in [0, 0.1) is 19.7 Å². The standard InChI is InChI=1S/C40H55FN6O4/c1-28-23-29(2)34(38(48)47-22-21-46(26-30(47)3)36-16-15-33(41)25-42-36)24-32(28)27-44-17-19-45(20-18-44)35-13-9-8-11-31(35)12-10-14-37(50-7)51-39(49)43-40(4,5)6/h8-9,11,13,15-16,23-25,30,37H,10,12,14,17-22,26-27H2,1-7H3,(H,43,49)/t30-,37-/m1/s1. The smallest absolute Gasteiger partial charge is 0.409 e. The van der Waals surface area contributed by atoms with E-state index in [1.807, 2.05) is 32.6 Å². The Morgan fingerprint density at radius 3 is 2.35 bits per heavy atom. The summed E-state index contributed by atoms with van der Waals surface area (Å²) < 4.78 is 24.3. The first kappa shape index (κ1) is 38.0. The molecular weight excluding hydrogens is 647 g/mol. The van der Waals surface area contributed by atoms with E-state index in [0.29, 0.717) is 26.1 Å². The molecule has 2 saturated heterocycles. The number of hydrogen-bond donors (Lipinski definition) is 1. The molecular formula is C40H55FN6O4. The maximum atomic E-state index is 13.9. The van der Waals surface area contributed by atoms with Gasteiger partial charge in [-0.05, 0) is 101 Å². The van der Waals surface area contributed by atoms with Crippen LogP contribution >= 0.6 is 0 Å². The summed E-state index contributed by atoms with van der Waals surface area (Å²) in [5, 5.41) is 2.82. The number of rotatable bonds is 11. The molecule has 276 valence electrons. The Hall–Kier alpha value is -4.22. The summed E-state index contributed by atoms with van der Waals surface area (Å²) in [5.74, 6) is 0.442. The SMILES string of the molecule is CO[C@@H](CCCc1ccccc1N1CCN(Cc2cc(C(=O)N3CCN(c4ccc(F)cn4)C[C@H]3C)c(C)cc2C)CC1)OC(=O)NC(C)(C)C. The average Bonchev–Trinajstić information content (AvgIpc) is 3.09. The number of carbonyl (C=O) groups excluding carboxylic acids is 2. The summed E-state index contributed by atoms with van der Waals surface area (Å²) in [7, 11) is 1.57. The number of carbonyl (C=O) groups is 2. The summed E-state index contributed by atoms with van der Waals surface area (Å²) >= 11 is 0. The number of para-hydroxylation sites is 1. The first-order valence-electron chi connectivity index (χ1n) is 18.2. The summed E-state index contributed by atoms with van der Waals surface area (Å²) in [6, 6.07) is 15.9. The van der Waals surface area contributed by atoms with Crippen molar-refractivity contribution in [1.82, 2.24) is 20.1 Å². The fourth-order valence-electron chi connectivity index (χ4n) is 7.03. The molecule has 10 nitrogen and oxygen atoms in total. The van der Waals surface area contributed by atoms with Crippen LogP contribution in [0.4, 0.5) is 20.7 Å². The van der Waals surface area contributed by atoms with Crippen LogP contribution in [0.25, 0.3) is 0 Å². The van der Waals surface area contributed by atoms with Gasteiger partial charge >= 0.3 is 6.09 Å². The molecule has 3 heterocycles. The Bertz CT molecular complexity index is 1640. The molecule has 0 spiro atoms. The summed E-state index contributed by atoms with van der Waals surface area (Å²) in [6.07, 6.45) is 2.47. The number of aryl methyl sites for hydroxylation is 3. The summed E-state index contributed by atoms with van der Waals surface area (Å²) in [5.41, 5.74) is 6.30. The highest BCUT2D eigenvalue weighted by Crippen LogP contribution is 2.27. The number of hydrogen-bond acceptors (Lipinski definition) is 8. The Morgan fingerprint density at radius 1 is 0.961 bits per heavy atom. The lowest BCUT2D eigenvalue weighted by Crippen LogP contribution is -2.54. The van der Waals surface area contributed by atoms with E-state index in [-0.39, 0.29) is 23.3 Å². The molecule has 0 saturated carbocycles. The van der Waals surface area contributed by atoms with Gasteiger partial charge in [0.2, 0.25) is 6.29 Å². The molecule has 3 aromatic rings. The summed E-state index contributed by atoms with van der Waals surface area (Å²) in [6.45, 7) is 18.3. The maximum Gasteiger partial charge on any atom is 0.409 e. The van der Waals surface area contributed by atoms with E-state index in [0.717, 1.165) is 62.5 Å². The molecule has 0 radical (unpaired) electrons. The van der Waals surface area contributed by atoms with Crippen LogP contribution in [0.1, 0.15) is 73.1 Å². The topological polar surface area (TPSA) is 90.5 Å². The number of aromatic nitrogens is 1. The van der Waals surface area contributed by atoms with Crippen LogP contribution in [0.15, 0.2) is 54.7 Å². The largest absolute Gasteiger partial charge is 0.420 e. The average molecular weight is 703 g/mol. The third-order valence-corrected chi connectivity index (χ3v) is 9.80. The van der Waals surface area contributed by atoms with Crippen LogP contribution in [-0.4, -0.2) is 97.6 Å². The zero-order valence-corrected chi connectivity index (χ0v) is 31.4. The van der Waals surface area contributed by atoms with Crippen molar-refractivity contribution in [3.8, 4) is 0 Å². The second kappa shape index (κ2) is 16.9. The fourth-order valence-corrected chi connectivity index (χ4v) is 7.03. The van der Waals surface area contributed by atoms with Crippen LogP contribution < -0.4 is 15.1 Å². The van der Waals surface area contributed by atoms with Crippen LogP contribution in [0.5, 0.6) is 0 Å². The van der Waals surface area contributed by atoms with E-state index in [9.17, 15) is 14.0 Å². The molecule has 11 heteroatoms. The van der Waals surface area contributed by atoms with E-state index in [1.54, 1.807) is 13.2 Å².